The van der Waals surface area contributed by atoms with E-state index in [0.29, 0.717) is 5.69 Å². The van der Waals surface area contributed by atoms with Gasteiger partial charge in [0.2, 0.25) is 0 Å². The SMILES string of the molecule is CC/C(=N\NC(=O)c1cc(-c2ccc3ccccc3c2)n[nH]1)c1ccc(CC)cc1. The van der Waals surface area contributed by atoms with Gasteiger partial charge in [0, 0.05) is 5.56 Å². The van der Waals surface area contributed by atoms with Crippen molar-refractivity contribution in [3.63, 3.8) is 0 Å². The number of hydrogen-bond acceptors (Lipinski definition) is 3. The second-order valence-corrected chi connectivity index (χ2v) is 7.13. The summed E-state index contributed by atoms with van der Waals surface area (Å²) in [6, 6.07) is 24.3. The fraction of sp³-hybridized carbons (Fsp3) is 0.160. The Kier molecular flexibility index (Phi) is 5.70. The van der Waals surface area contributed by atoms with Gasteiger partial charge in [0.25, 0.3) is 5.91 Å². The number of hydrazone groups is 1. The molecule has 3 aromatic carbocycles. The highest BCUT2D eigenvalue weighted by Gasteiger charge is 2.12. The number of rotatable bonds is 6. The summed E-state index contributed by atoms with van der Waals surface area (Å²) in [7, 11) is 0. The number of carbonyl (C=O) groups is 1. The molecule has 1 amide bonds. The molecule has 1 aromatic heterocycles. The van der Waals surface area contributed by atoms with E-state index in [1.807, 2.05) is 37.3 Å². The molecule has 1 heterocycles. The number of hydrogen-bond donors (Lipinski definition) is 2. The minimum atomic E-state index is -0.314. The van der Waals surface area contributed by atoms with Gasteiger partial charge in [-0.25, -0.2) is 5.43 Å². The smallest absolute Gasteiger partial charge is 0.272 e. The van der Waals surface area contributed by atoms with Gasteiger partial charge in [-0.15, -0.1) is 0 Å². The summed E-state index contributed by atoms with van der Waals surface area (Å²) in [4.78, 5) is 12.6. The van der Waals surface area contributed by atoms with Crippen molar-refractivity contribution in [1.29, 1.82) is 0 Å². The maximum Gasteiger partial charge on any atom is 0.289 e. The van der Waals surface area contributed by atoms with Gasteiger partial charge in [-0.2, -0.15) is 10.2 Å². The van der Waals surface area contributed by atoms with Gasteiger partial charge < -0.3 is 0 Å². The molecule has 0 spiro atoms. The van der Waals surface area contributed by atoms with E-state index in [4.69, 9.17) is 0 Å². The first kappa shape index (κ1) is 19.6. The summed E-state index contributed by atoms with van der Waals surface area (Å²) < 4.78 is 0. The topological polar surface area (TPSA) is 70.1 Å². The third-order valence-corrected chi connectivity index (χ3v) is 5.19. The molecule has 4 rings (SSSR count). The van der Waals surface area contributed by atoms with Crippen LogP contribution in [-0.4, -0.2) is 21.8 Å². The Balaban J connectivity index is 1.50. The van der Waals surface area contributed by atoms with Crippen molar-refractivity contribution in [3.8, 4) is 11.3 Å². The van der Waals surface area contributed by atoms with E-state index in [0.717, 1.165) is 40.8 Å². The first-order valence-electron chi connectivity index (χ1n) is 10.2. The minimum Gasteiger partial charge on any atom is -0.272 e. The van der Waals surface area contributed by atoms with Gasteiger partial charge in [0.1, 0.15) is 5.69 Å². The Morgan fingerprint density at radius 1 is 0.967 bits per heavy atom. The Morgan fingerprint density at radius 3 is 2.47 bits per heavy atom. The standard InChI is InChI=1S/C25H24N4O/c1-3-17-9-11-19(12-10-17)22(4-2)26-29-25(30)24-16-23(27-28-24)21-14-13-18-7-5-6-8-20(18)15-21/h5-16H,3-4H2,1-2H3,(H,27,28)(H,29,30)/b26-22+. The first-order chi connectivity index (χ1) is 14.7. The minimum absolute atomic E-state index is 0.314. The number of aryl methyl sites for hydroxylation is 1. The Bertz CT molecular complexity index is 1210. The lowest BCUT2D eigenvalue weighted by Crippen LogP contribution is -2.20. The van der Waals surface area contributed by atoms with Crippen LogP contribution in [0.2, 0.25) is 0 Å². The van der Waals surface area contributed by atoms with Crippen LogP contribution in [0.3, 0.4) is 0 Å². The Morgan fingerprint density at radius 2 is 1.73 bits per heavy atom. The molecule has 0 aliphatic carbocycles. The molecule has 5 heteroatoms. The van der Waals surface area contributed by atoms with Crippen LogP contribution < -0.4 is 5.43 Å². The van der Waals surface area contributed by atoms with Crippen molar-refractivity contribution in [3.05, 3.63) is 89.6 Å². The number of nitrogens with zero attached hydrogens (tertiary/aromatic N) is 2. The van der Waals surface area contributed by atoms with Crippen LogP contribution in [0.15, 0.2) is 77.9 Å². The molecule has 4 aromatic rings. The largest absolute Gasteiger partial charge is 0.289 e. The van der Waals surface area contributed by atoms with E-state index in [2.05, 4.69) is 64.0 Å². The summed E-state index contributed by atoms with van der Waals surface area (Å²) in [5.41, 5.74) is 7.82. The molecule has 0 bridgehead atoms. The van der Waals surface area contributed by atoms with E-state index in [-0.39, 0.29) is 5.91 Å². The zero-order chi connectivity index (χ0) is 20.9. The quantitative estimate of drug-likeness (QED) is 0.341. The zero-order valence-corrected chi connectivity index (χ0v) is 17.1. The van der Waals surface area contributed by atoms with E-state index in [1.165, 1.54) is 10.9 Å². The Hall–Kier alpha value is -3.73. The van der Waals surface area contributed by atoms with Gasteiger partial charge in [0.05, 0.1) is 11.4 Å². The number of aromatic amines is 1. The molecule has 0 aliphatic heterocycles. The monoisotopic (exact) mass is 396 g/mol. The summed E-state index contributed by atoms with van der Waals surface area (Å²) >= 11 is 0. The fourth-order valence-corrected chi connectivity index (χ4v) is 3.39. The van der Waals surface area contributed by atoms with Crippen LogP contribution in [0.4, 0.5) is 0 Å². The van der Waals surface area contributed by atoms with Crippen molar-refractivity contribution in [2.24, 2.45) is 5.10 Å². The molecule has 2 N–H and O–H groups in total. The van der Waals surface area contributed by atoms with Crippen molar-refractivity contribution < 1.29 is 4.79 Å². The summed E-state index contributed by atoms with van der Waals surface area (Å²) in [6.45, 7) is 4.15. The van der Waals surface area contributed by atoms with Gasteiger partial charge in [-0.1, -0.05) is 74.5 Å². The molecular formula is C25H24N4O. The van der Waals surface area contributed by atoms with Gasteiger partial charge in [-0.05, 0) is 46.9 Å². The number of nitrogens with one attached hydrogen (secondary N) is 2. The third kappa shape index (κ3) is 4.15. The van der Waals surface area contributed by atoms with Crippen LogP contribution in [0.25, 0.3) is 22.0 Å². The molecule has 0 unspecified atom stereocenters. The van der Waals surface area contributed by atoms with E-state index >= 15 is 0 Å². The van der Waals surface area contributed by atoms with Crippen molar-refractivity contribution >= 4 is 22.4 Å². The lowest BCUT2D eigenvalue weighted by molar-refractivity contribution is 0.0950. The Labute approximate surface area is 175 Å². The second-order valence-electron chi connectivity index (χ2n) is 7.13. The third-order valence-electron chi connectivity index (χ3n) is 5.19. The second kappa shape index (κ2) is 8.74. The summed E-state index contributed by atoms with van der Waals surface area (Å²) in [6.07, 6.45) is 1.71. The predicted molar refractivity (Wildman–Crippen MR) is 122 cm³/mol. The van der Waals surface area contributed by atoms with Crippen molar-refractivity contribution in [2.45, 2.75) is 26.7 Å². The molecule has 0 saturated carbocycles. The molecule has 150 valence electrons. The highest BCUT2D eigenvalue weighted by molar-refractivity contribution is 6.02. The molecule has 0 fully saturated rings. The lowest BCUT2D eigenvalue weighted by atomic mass is 10.0. The normalized spacial score (nSPS) is 11.6. The van der Waals surface area contributed by atoms with Gasteiger partial charge >= 0.3 is 0 Å². The maximum atomic E-state index is 12.6. The molecule has 30 heavy (non-hydrogen) atoms. The summed E-state index contributed by atoms with van der Waals surface area (Å²) in [5, 5.41) is 13.8. The van der Waals surface area contributed by atoms with Crippen LogP contribution in [0.5, 0.6) is 0 Å². The molecule has 0 saturated heterocycles. The van der Waals surface area contributed by atoms with Gasteiger partial charge in [0.15, 0.2) is 0 Å². The maximum absolute atomic E-state index is 12.6. The van der Waals surface area contributed by atoms with Crippen LogP contribution in [-0.2, 0) is 6.42 Å². The number of amides is 1. The fourth-order valence-electron chi connectivity index (χ4n) is 3.39. The van der Waals surface area contributed by atoms with Crippen LogP contribution in [0.1, 0.15) is 41.9 Å². The molecule has 0 atom stereocenters. The molecule has 5 nitrogen and oxygen atoms in total. The van der Waals surface area contributed by atoms with Crippen LogP contribution >= 0.6 is 0 Å². The van der Waals surface area contributed by atoms with Crippen molar-refractivity contribution in [2.75, 3.05) is 0 Å². The average molecular weight is 396 g/mol. The number of H-pyrrole nitrogens is 1. The molecular weight excluding hydrogens is 372 g/mol. The lowest BCUT2D eigenvalue weighted by Gasteiger charge is -2.05. The highest BCUT2D eigenvalue weighted by Crippen LogP contribution is 2.23. The first-order valence-corrected chi connectivity index (χ1v) is 10.2. The zero-order valence-electron chi connectivity index (χ0n) is 17.1. The van der Waals surface area contributed by atoms with E-state index in [1.54, 1.807) is 6.07 Å². The van der Waals surface area contributed by atoms with E-state index in [9.17, 15) is 4.79 Å². The summed E-state index contributed by atoms with van der Waals surface area (Å²) in [5.74, 6) is -0.314. The average Bonchev–Trinajstić information content (AvgIpc) is 3.30. The predicted octanol–water partition coefficient (Wildman–Crippen LogP) is 5.34. The molecule has 0 radical (unpaired) electrons. The van der Waals surface area contributed by atoms with E-state index < -0.39 is 0 Å². The van der Waals surface area contributed by atoms with Gasteiger partial charge in [-0.3, -0.25) is 9.89 Å². The van der Waals surface area contributed by atoms with Crippen LogP contribution in [0, 0.1) is 0 Å². The highest BCUT2D eigenvalue weighted by atomic mass is 16.2. The number of carbonyl (C=O) groups excluding carboxylic acids is 1. The van der Waals surface area contributed by atoms with Crippen molar-refractivity contribution in [1.82, 2.24) is 15.6 Å². The number of fused-ring (bicyclic) bond motifs is 1. The number of benzene rings is 3. The molecule has 0 aliphatic rings. The number of aromatic nitrogens is 2.